The third-order valence-electron chi connectivity index (χ3n) is 2.56. The zero-order chi connectivity index (χ0) is 11.7. The van der Waals surface area contributed by atoms with Crippen molar-refractivity contribution in [3.05, 3.63) is 47.3 Å². The minimum Gasteiger partial charge on any atom is -0.465 e. The van der Waals surface area contributed by atoms with Crippen molar-refractivity contribution in [2.24, 2.45) is 0 Å². The molecule has 0 saturated heterocycles. The van der Waals surface area contributed by atoms with Crippen LogP contribution in [0.25, 0.3) is 10.8 Å². The minimum atomic E-state index is -0.515. The summed E-state index contributed by atoms with van der Waals surface area (Å²) in [6.45, 7) is 1.88. The highest BCUT2D eigenvalue weighted by atomic mass is 19.1. The van der Waals surface area contributed by atoms with E-state index in [4.69, 9.17) is 0 Å². The van der Waals surface area contributed by atoms with Crippen LogP contribution >= 0.6 is 0 Å². The van der Waals surface area contributed by atoms with Gasteiger partial charge in [0.25, 0.3) is 0 Å². The monoisotopic (exact) mass is 218 g/mol. The van der Waals surface area contributed by atoms with E-state index in [9.17, 15) is 9.18 Å². The third-order valence-corrected chi connectivity index (χ3v) is 2.56. The molecule has 0 fully saturated rings. The van der Waals surface area contributed by atoms with E-state index < -0.39 is 11.8 Å². The topological polar surface area (TPSA) is 26.3 Å². The van der Waals surface area contributed by atoms with Crippen LogP contribution in [0, 0.1) is 12.7 Å². The molecule has 0 aliphatic carbocycles. The fraction of sp³-hybridized carbons (Fsp3) is 0.154. The predicted molar refractivity (Wildman–Crippen MR) is 60.0 cm³/mol. The molecule has 0 unspecified atom stereocenters. The van der Waals surface area contributed by atoms with E-state index in [1.54, 1.807) is 6.07 Å². The summed E-state index contributed by atoms with van der Waals surface area (Å²) in [4.78, 5) is 11.5. The van der Waals surface area contributed by atoms with Gasteiger partial charge in [-0.05, 0) is 35.4 Å². The van der Waals surface area contributed by atoms with Gasteiger partial charge in [-0.3, -0.25) is 0 Å². The fourth-order valence-corrected chi connectivity index (χ4v) is 1.85. The summed E-state index contributed by atoms with van der Waals surface area (Å²) in [6.07, 6.45) is 0. The first-order chi connectivity index (χ1) is 7.63. The van der Waals surface area contributed by atoms with Crippen molar-refractivity contribution in [3.8, 4) is 0 Å². The molecule has 2 aromatic carbocycles. The van der Waals surface area contributed by atoms with Crippen molar-refractivity contribution in [3.63, 3.8) is 0 Å². The Hall–Kier alpha value is -1.90. The number of halogens is 1. The zero-order valence-electron chi connectivity index (χ0n) is 9.08. The predicted octanol–water partition coefficient (Wildman–Crippen LogP) is 3.07. The molecule has 0 heterocycles. The van der Waals surface area contributed by atoms with Crippen molar-refractivity contribution in [1.29, 1.82) is 0 Å². The Bertz CT molecular complexity index is 561. The molecule has 0 aliphatic rings. The fourth-order valence-electron chi connectivity index (χ4n) is 1.85. The van der Waals surface area contributed by atoms with Gasteiger partial charge in [0, 0.05) is 0 Å². The van der Waals surface area contributed by atoms with Gasteiger partial charge in [0.2, 0.25) is 0 Å². The lowest BCUT2D eigenvalue weighted by Gasteiger charge is -2.07. The van der Waals surface area contributed by atoms with Gasteiger partial charge in [0.1, 0.15) is 5.82 Å². The van der Waals surface area contributed by atoms with E-state index in [2.05, 4.69) is 4.74 Å². The second-order valence-electron chi connectivity index (χ2n) is 3.62. The molecule has 16 heavy (non-hydrogen) atoms. The Kier molecular flexibility index (Phi) is 2.60. The molecule has 3 heteroatoms. The quantitative estimate of drug-likeness (QED) is 0.687. The zero-order valence-corrected chi connectivity index (χ0v) is 9.08. The van der Waals surface area contributed by atoms with Gasteiger partial charge in [-0.15, -0.1) is 0 Å². The number of hydrogen-bond acceptors (Lipinski definition) is 2. The van der Waals surface area contributed by atoms with Gasteiger partial charge in [0.15, 0.2) is 0 Å². The average molecular weight is 218 g/mol. The molecule has 0 radical (unpaired) electrons. The molecule has 0 bridgehead atoms. The molecular formula is C13H11FO2. The molecule has 2 rings (SSSR count). The molecule has 2 nitrogen and oxygen atoms in total. The maximum absolute atomic E-state index is 13.3. The molecule has 0 saturated carbocycles. The van der Waals surface area contributed by atoms with Crippen LogP contribution in [0.4, 0.5) is 4.39 Å². The first-order valence-electron chi connectivity index (χ1n) is 4.90. The van der Waals surface area contributed by atoms with E-state index in [-0.39, 0.29) is 5.56 Å². The van der Waals surface area contributed by atoms with E-state index in [1.165, 1.54) is 19.2 Å². The van der Waals surface area contributed by atoms with Crippen LogP contribution < -0.4 is 0 Å². The van der Waals surface area contributed by atoms with Gasteiger partial charge < -0.3 is 4.74 Å². The number of methoxy groups -OCH3 is 1. The van der Waals surface area contributed by atoms with Gasteiger partial charge in [-0.25, -0.2) is 9.18 Å². The number of fused-ring (bicyclic) bond motifs is 1. The molecule has 0 atom stereocenters. The Morgan fingerprint density at radius 1 is 1.31 bits per heavy atom. The van der Waals surface area contributed by atoms with Crippen LogP contribution in [0.2, 0.25) is 0 Å². The SMILES string of the molecule is COC(=O)c1cc(F)cc2cccc(C)c12. The number of esters is 1. The molecule has 82 valence electrons. The number of hydrogen-bond donors (Lipinski definition) is 0. The molecule has 0 N–H and O–H groups in total. The first kappa shape index (κ1) is 10.6. The Labute approximate surface area is 92.6 Å². The Morgan fingerprint density at radius 2 is 2.06 bits per heavy atom. The summed E-state index contributed by atoms with van der Waals surface area (Å²) in [6, 6.07) is 8.11. The molecule has 0 spiro atoms. The number of aryl methyl sites for hydroxylation is 1. The van der Waals surface area contributed by atoms with Crippen LogP contribution in [-0.4, -0.2) is 13.1 Å². The highest BCUT2D eigenvalue weighted by Crippen LogP contribution is 2.24. The summed E-state index contributed by atoms with van der Waals surface area (Å²) in [5.74, 6) is -0.947. The van der Waals surface area contributed by atoms with E-state index in [1.807, 2.05) is 19.1 Å². The lowest BCUT2D eigenvalue weighted by molar-refractivity contribution is 0.0602. The van der Waals surface area contributed by atoms with Crippen molar-refractivity contribution in [2.45, 2.75) is 6.92 Å². The van der Waals surface area contributed by atoms with Gasteiger partial charge in [-0.2, -0.15) is 0 Å². The highest BCUT2D eigenvalue weighted by Gasteiger charge is 2.13. The van der Waals surface area contributed by atoms with Gasteiger partial charge >= 0.3 is 5.97 Å². The lowest BCUT2D eigenvalue weighted by Crippen LogP contribution is -2.03. The number of carbonyl (C=O) groups excluding carboxylic acids is 1. The third kappa shape index (κ3) is 1.65. The van der Waals surface area contributed by atoms with Gasteiger partial charge in [-0.1, -0.05) is 18.2 Å². The van der Waals surface area contributed by atoms with Crippen molar-refractivity contribution in [1.82, 2.24) is 0 Å². The summed E-state index contributed by atoms with van der Waals surface area (Å²) >= 11 is 0. The standard InChI is InChI=1S/C13H11FO2/c1-8-4-3-5-9-6-10(14)7-11(12(8)9)13(15)16-2/h3-7H,1-2H3. The van der Waals surface area contributed by atoms with Crippen LogP contribution in [0.5, 0.6) is 0 Å². The highest BCUT2D eigenvalue weighted by molar-refractivity contribution is 6.05. The lowest BCUT2D eigenvalue weighted by atomic mass is 10.00. The maximum Gasteiger partial charge on any atom is 0.338 e. The van der Waals surface area contributed by atoms with E-state index in [0.29, 0.717) is 5.39 Å². The number of ether oxygens (including phenoxy) is 1. The summed E-state index contributed by atoms with van der Waals surface area (Å²) in [5, 5.41) is 1.45. The summed E-state index contributed by atoms with van der Waals surface area (Å²) < 4.78 is 18.0. The summed E-state index contributed by atoms with van der Waals surface area (Å²) in [7, 11) is 1.29. The maximum atomic E-state index is 13.3. The normalized spacial score (nSPS) is 10.4. The number of rotatable bonds is 1. The molecule has 2 aromatic rings. The van der Waals surface area contributed by atoms with Crippen LogP contribution in [0.1, 0.15) is 15.9 Å². The van der Waals surface area contributed by atoms with E-state index in [0.717, 1.165) is 10.9 Å². The van der Waals surface area contributed by atoms with E-state index >= 15 is 0 Å². The molecule has 0 amide bonds. The molecule has 0 aromatic heterocycles. The number of carbonyl (C=O) groups is 1. The Morgan fingerprint density at radius 3 is 2.75 bits per heavy atom. The number of benzene rings is 2. The van der Waals surface area contributed by atoms with Gasteiger partial charge in [0.05, 0.1) is 12.7 Å². The van der Waals surface area contributed by atoms with Crippen LogP contribution in [-0.2, 0) is 4.74 Å². The van der Waals surface area contributed by atoms with Crippen molar-refractivity contribution < 1.29 is 13.9 Å². The largest absolute Gasteiger partial charge is 0.465 e. The summed E-state index contributed by atoms with van der Waals surface area (Å²) in [5.41, 5.74) is 1.20. The van der Waals surface area contributed by atoms with Crippen molar-refractivity contribution in [2.75, 3.05) is 7.11 Å². The van der Waals surface area contributed by atoms with Crippen molar-refractivity contribution >= 4 is 16.7 Å². The smallest absolute Gasteiger partial charge is 0.338 e. The first-order valence-corrected chi connectivity index (χ1v) is 4.90. The van der Waals surface area contributed by atoms with Crippen LogP contribution in [0.3, 0.4) is 0 Å². The molecule has 0 aliphatic heterocycles. The molecular weight excluding hydrogens is 207 g/mol. The Balaban J connectivity index is 2.85. The van der Waals surface area contributed by atoms with Crippen LogP contribution in [0.15, 0.2) is 30.3 Å². The average Bonchev–Trinajstić information content (AvgIpc) is 2.27. The second kappa shape index (κ2) is 3.93. The second-order valence-corrected chi connectivity index (χ2v) is 3.62. The minimum absolute atomic E-state index is 0.274.